The number of nitrogens with one attached hydrogen (secondary N) is 1. The molecule has 0 radical (unpaired) electrons. The number of hydrogen-bond donors (Lipinski definition) is 1. The van der Waals surface area contributed by atoms with Gasteiger partial charge >= 0.3 is 0 Å². The Morgan fingerprint density at radius 1 is 1.43 bits per heavy atom. The molecule has 1 heterocycles. The van der Waals surface area contributed by atoms with Crippen LogP contribution in [0.4, 0.5) is 0 Å². The van der Waals surface area contributed by atoms with Gasteiger partial charge in [-0.05, 0) is 38.3 Å². The lowest BCUT2D eigenvalue weighted by Gasteiger charge is -2.19. The van der Waals surface area contributed by atoms with Crippen molar-refractivity contribution in [1.82, 2.24) is 9.62 Å². The van der Waals surface area contributed by atoms with Crippen molar-refractivity contribution in [3.05, 3.63) is 15.8 Å². The highest BCUT2D eigenvalue weighted by molar-refractivity contribution is 7.89. The van der Waals surface area contributed by atoms with Crippen molar-refractivity contribution in [2.45, 2.75) is 45.2 Å². The number of hydrogen-bond acceptors (Lipinski definition) is 5. The molecule has 0 aliphatic heterocycles. The lowest BCUT2D eigenvalue weighted by molar-refractivity contribution is 0.0737. The summed E-state index contributed by atoms with van der Waals surface area (Å²) in [6.45, 7) is 9.88. The Balaban J connectivity index is 2.88. The molecule has 1 aromatic heterocycles. The number of rotatable bonds is 9. The van der Waals surface area contributed by atoms with E-state index in [0.717, 1.165) is 17.0 Å². The van der Waals surface area contributed by atoms with E-state index in [-0.39, 0.29) is 6.10 Å². The summed E-state index contributed by atoms with van der Waals surface area (Å²) in [5, 5.41) is 5.09. The van der Waals surface area contributed by atoms with Crippen LogP contribution in [0.5, 0.6) is 0 Å². The van der Waals surface area contributed by atoms with Crippen LogP contribution in [0.25, 0.3) is 0 Å². The number of aryl methyl sites for hydroxylation is 1. The highest BCUT2D eigenvalue weighted by atomic mass is 32.2. The van der Waals surface area contributed by atoms with Crippen LogP contribution in [0.3, 0.4) is 0 Å². The molecular weight excluding hydrogens is 308 g/mol. The number of sulfonamides is 1. The summed E-state index contributed by atoms with van der Waals surface area (Å²) >= 11 is 1.49. The normalized spacial score (nSPS) is 12.5. The largest absolute Gasteiger partial charge is 0.377 e. The molecule has 21 heavy (non-hydrogen) atoms. The van der Waals surface area contributed by atoms with E-state index in [0.29, 0.717) is 24.6 Å². The van der Waals surface area contributed by atoms with Crippen molar-refractivity contribution < 1.29 is 13.2 Å². The summed E-state index contributed by atoms with van der Waals surface area (Å²) in [7, 11) is -1.86. The molecule has 0 atom stereocenters. The third-order valence-electron chi connectivity index (χ3n) is 3.05. The van der Waals surface area contributed by atoms with Gasteiger partial charge in [0.2, 0.25) is 10.0 Å². The summed E-state index contributed by atoms with van der Waals surface area (Å²) in [5.74, 6) is 0. The van der Waals surface area contributed by atoms with Crippen LogP contribution in [-0.2, 0) is 21.3 Å². The van der Waals surface area contributed by atoms with Crippen LogP contribution in [0, 0.1) is 6.92 Å². The van der Waals surface area contributed by atoms with E-state index < -0.39 is 10.0 Å². The van der Waals surface area contributed by atoms with Gasteiger partial charge in [-0.2, -0.15) is 4.31 Å². The minimum Gasteiger partial charge on any atom is -0.377 e. The Labute approximate surface area is 132 Å². The second-order valence-electron chi connectivity index (χ2n) is 5.20. The van der Waals surface area contributed by atoms with Crippen molar-refractivity contribution in [3.63, 3.8) is 0 Å². The van der Waals surface area contributed by atoms with Gasteiger partial charge in [-0.25, -0.2) is 8.42 Å². The molecule has 0 bridgehead atoms. The topological polar surface area (TPSA) is 58.6 Å². The van der Waals surface area contributed by atoms with Crippen molar-refractivity contribution in [2.24, 2.45) is 0 Å². The fourth-order valence-electron chi connectivity index (χ4n) is 1.89. The molecule has 0 unspecified atom stereocenters. The molecular formula is C14H26N2O3S2. The number of nitrogens with zero attached hydrogens (tertiary/aromatic N) is 1. The van der Waals surface area contributed by atoms with E-state index >= 15 is 0 Å². The van der Waals surface area contributed by atoms with Crippen LogP contribution < -0.4 is 5.32 Å². The molecule has 0 saturated heterocycles. The summed E-state index contributed by atoms with van der Waals surface area (Å²) < 4.78 is 32.3. The maximum Gasteiger partial charge on any atom is 0.244 e. The minimum absolute atomic E-state index is 0.105. The molecule has 0 fully saturated rings. The van der Waals surface area contributed by atoms with Crippen molar-refractivity contribution in [2.75, 3.05) is 26.7 Å². The zero-order valence-corrected chi connectivity index (χ0v) is 15.1. The van der Waals surface area contributed by atoms with Gasteiger partial charge in [-0.15, -0.1) is 11.3 Å². The smallest absolute Gasteiger partial charge is 0.244 e. The summed E-state index contributed by atoms with van der Waals surface area (Å²) in [4.78, 5) is 1.31. The monoisotopic (exact) mass is 334 g/mol. The molecule has 1 rings (SSSR count). The number of thiophene rings is 1. The first-order chi connectivity index (χ1) is 9.80. The van der Waals surface area contributed by atoms with E-state index in [1.165, 1.54) is 15.6 Å². The SMILES string of the molecule is CCNCc1scc(C)c1S(=O)(=O)N(C)CCOC(C)C. The van der Waals surface area contributed by atoms with E-state index in [1.54, 1.807) is 7.05 Å². The van der Waals surface area contributed by atoms with E-state index in [2.05, 4.69) is 5.32 Å². The van der Waals surface area contributed by atoms with Crippen molar-refractivity contribution >= 4 is 21.4 Å². The van der Waals surface area contributed by atoms with Gasteiger partial charge < -0.3 is 10.1 Å². The molecule has 5 nitrogen and oxygen atoms in total. The van der Waals surface area contributed by atoms with Crippen LogP contribution in [-0.4, -0.2) is 45.6 Å². The van der Waals surface area contributed by atoms with E-state index in [4.69, 9.17) is 4.74 Å². The molecule has 0 amide bonds. The Morgan fingerprint density at radius 3 is 2.67 bits per heavy atom. The summed E-state index contributed by atoms with van der Waals surface area (Å²) in [6.07, 6.45) is 0.105. The maximum absolute atomic E-state index is 12.7. The van der Waals surface area contributed by atoms with Crippen LogP contribution in [0.1, 0.15) is 31.2 Å². The van der Waals surface area contributed by atoms with Crippen LogP contribution in [0.15, 0.2) is 10.3 Å². The molecule has 1 N–H and O–H groups in total. The average Bonchev–Trinajstić information content (AvgIpc) is 2.77. The minimum atomic E-state index is -3.46. The van der Waals surface area contributed by atoms with E-state index in [9.17, 15) is 8.42 Å². The fourth-order valence-corrected chi connectivity index (χ4v) is 4.76. The molecule has 0 saturated carbocycles. The van der Waals surface area contributed by atoms with E-state index in [1.807, 2.05) is 33.1 Å². The van der Waals surface area contributed by atoms with Gasteiger partial charge in [0.1, 0.15) is 4.90 Å². The van der Waals surface area contributed by atoms with Gasteiger partial charge in [0, 0.05) is 25.0 Å². The maximum atomic E-state index is 12.7. The predicted octanol–water partition coefficient (Wildman–Crippen LogP) is 2.21. The Bertz CT molecular complexity index is 538. The lowest BCUT2D eigenvalue weighted by Crippen LogP contribution is -2.32. The average molecular weight is 335 g/mol. The summed E-state index contributed by atoms with van der Waals surface area (Å²) in [6, 6.07) is 0. The molecule has 0 aromatic carbocycles. The number of ether oxygens (including phenoxy) is 1. The molecule has 0 aliphatic carbocycles. The Morgan fingerprint density at radius 2 is 2.10 bits per heavy atom. The second kappa shape index (κ2) is 8.24. The third-order valence-corrected chi connectivity index (χ3v) is 6.37. The molecule has 1 aromatic rings. The highest BCUT2D eigenvalue weighted by Gasteiger charge is 2.27. The zero-order valence-electron chi connectivity index (χ0n) is 13.5. The predicted molar refractivity (Wildman–Crippen MR) is 87.3 cm³/mol. The first-order valence-corrected chi connectivity index (χ1v) is 9.48. The molecule has 0 spiro atoms. The lowest BCUT2D eigenvalue weighted by atomic mass is 10.3. The van der Waals surface area contributed by atoms with Crippen molar-refractivity contribution in [3.8, 4) is 0 Å². The first-order valence-electron chi connectivity index (χ1n) is 7.16. The molecule has 122 valence electrons. The first kappa shape index (κ1) is 18.6. The summed E-state index contributed by atoms with van der Waals surface area (Å²) in [5.41, 5.74) is 0.810. The quantitative estimate of drug-likeness (QED) is 0.752. The highest BCUT2D eigenvalue weighted by Crippen LogP contribution is 2.29. The second-order valence-corrected chi connectivity index (χ2v) is 8.14. The fraction of sp³-hybridized carbons (Fsp3) is 0.714. The molecule has 0 aliphatic rings. The van der Waals surface area contributed by atoms with Crippen LogP contribution >= 0.6 is 11.3 Å². The number of likely N-dealkylation sites (N-methyl/N-ethyl adjacent to an activating group) is 1. The van der Waals surface area contributed by atoms with Gasteiger partial charge in [0.15, 0.2) is 0 Å². The van der Waals surface area contributed by atoms with Gasteiger partial charge in [0.05, 0.1) is 12.7 Å². The van der Waals surface area contributed by atoms with Gasteiger partial charge in [0.25, 0.3) is 0 Å². The van der Waals surface area contributed by atoms with Gasteiger partial charge in [-0.1, -0.05) is 6.92 Å². The molecule has 7 heteroatoms. The third kappa shape index (κ3) is 5.03. The standard InChI is InChI=1S/C14H26N2O3S2/c1-6-15-9-13-14(12(4)10-20-13)21(17,18)16(5)7-8-19-11(2)3/h10-11,15H,6-9H2,1-5H3. The van der Waals surface area contributed by atoms with Gasteiger partial charge in [-0.3, -0.25) is 0 Å². The van der Waals surface area contributed by atoms with Crippen molar-refractivity contribution in [1.29, 1.82) is 0 Å². The Hall–Kier alpha value is -0.470. The Kier molecular flexibility index (Phi) is 7.29. The zero-order chi connectivity index (χ0) is 16.0. The van der Waals surface area contributed by atoms with Crippen LogP contribution in [0.2, 0.25) is 0 Å².